The van der Waals surface area contributed by atoms with Crippen molar-refractivity contribution in [1.29, 1.82) is 0 Å². The standard InChI is InChI=1S/C50H57N5O9/c56-42-17-15-40(41-16-18-45(58)52-47(41)42)43(57)30-51-23-4-5-28-62-49(60)37-21-26-55(27-22-37)48(59)36-13-11-33(12-14-36)32-63-39-10-6-9-38(29-39)46(35-7-2-1-3-8-35)53-50(61)64-44-31-54-24-19-34(44)20-25-54/h1-3,6-18,29,34,37,43-44,46,51,56-57H,4-5,19-28,30-32H2,(H,52,58)(H,53,61)/t43?,44-,46?/m0/s1. The number of aromatic amines is 1. The number of amides is 2. The quantitative estimate of drug-likeness (QED) is 0.0529. The molecule has 9 rings (SSSR count). The summed E-state index contributed by atoms with van der Waals surface area (Å²) in [7, 11) is 0. The molecule has 0 saturated carbocycles. The number of pyridine rings is 1. The fourth-order valence-electron chi connectivity index (χ4n) is 9.07. The van der Waals surface area contributed by atoms with Crippen LogP contribution in [0.15, 0.2) is 108 Å². The molecule has 5 aromatic rings. The lowest BCUT2D eigenvalue weighted by Gasteiger charge is -2.43. The number of ether oxygens (including phenoxy) is 3. The molecule has 64 heavy (non-hydrogen) atoms. The number of phenolic OH excluding ortho intramolecular Hbond substituents is 1. The van der Waals surface area contributed by atoms with Gasteiger partial charge >= 0.3 is 12.1 Å². The molecule has 0 aliphatic carbocycles. The van der Waals surface area contributed by atoms with Crippen LogP contribution in [-0.2, 0) is 20.9 Å². The third kappa shape index (κ3) is 11.1. The third-order valence-electron chi connectivity index (χ3n) is 12.8. The summed E-state index contributed by atoms with van der Waals surface area (Å²) >= 11 is 0. The van der Waals surface area contributed by atoms with Crippen molar-refractivity contribution < 1.29 is 38.8 Å². The van der Waals surface area contributed by atoms with Gasteiger partial charge in [0.2, 0.25) is 5.56 Å². The molecule has 4 aromatic carbocycles. The van der Waals surface area contributed by atoms with Crippen LogP contribution in [-0.4, -0.2) is 101 Å². The summed E-state index contributed by atoms with van der Waals surface area (Å²) in [5.74, 6) is 0.435. The molecular weight excluding hydrogens is 815 g/mol. The predicted octanol–water partition coefficient (Wildman–Crippen LogP) is 6.22. The Balaban J connectivity index is 0.741. The Labute approximate surface area is 372 Å². The average Bonchev–Trinajstić information content (AvgIpc) is 3.33. The van der Waals surface area contributed by atoms with Gasteiger partial charge in [-0.3, -0.25) is 19.3 Å². The molecule has 14 nitrogen and oxygen atoms in total. The number of aliphatic hydroxyl groups excluding tert-OH is 1. The van der Waals surface area contributed by atoms with E-state index in [9.17, 15) is 29.4 Å². The Hall–Kier alpha value is -6.22. The number of benzene rings is 4. The van der Waals surface area contributed by atoms with Gasteiger partial charge in [-0.25, -0.2) is 4.79 Å². The van der Waals surface area contributed by atoms with Gasteiger partial charge in [0.05, 0.1) is 30.2 Å². The highest BCUT2D eigenvalue weighted by Crippen LogP contribution is 2.32. The number of piperidine rings is 4. The SMILES string of the molecule is O=C(NC(c1ccccc1)c1cccc(OCc2ccc(C(=O)N3CCC(C(=O)OCCCCNCC(O)c4ccc(O)c5[nH]c(=O)ccc45)CC3)cc2)c1)O[C@H]1CN2CCC1CC2. The number of alkyl carbamates (subject to hydrolysis) is 1. The van der Waals surface area contributed by atoms with Crippen molar-refractivity contribution >= 4 is 28.9 Å². The molecule has 0 spiro atoms. The van der Waals surface area contributed by atoms with Crippen molar-refractivity contribution in [3.63, 3.8) is 0 Å². The minimum Gasteiger partial charge on any atom is -0.506 e. The normalized spacial score (nSPS) is 19.5. The summed E-state index contributed by atoms with van der Waals surface area (Å²) in [5, 5.41) is 27.7. The Morgan fingerprint density at radius 3 is 2.34 bits per heavy atom. The van der Waals surface area contributed by atoms with Gasteiger partial charge < -0.3 is 44.9 Å². The number of hydrogen-bond donors (Lipinski definition) is 5. The van der Waals surface area contributed by atoms with E-state index in [1.807, 2.05) is 78.9 Å². The summed E-state index contributed by atoms with van der Waals surface area (Å²) in [4.78, 5) is 57.9. The summed E-state index contributed by atoms with van der Waals surface area (Å²) in [6.07, 6.45) is 3.24. The molecule has 336 valence electrons. The van der Waals surface area contributed by atoms with Crippen LogP contribution >= 0.6 is 0 Å². The lowest BCUT2D eigenvalue weighted by atomic mass is 9.86. The second-order valence-electron chi connectivity index (χ2n) is 17.1. The number of phenols is 1. The minimum atomic E-state index is -0.845. The van der Waals surface area contributed by atoms with Gasteiger partial charge in [0.15, 0.2) is 0 Å². The number of nitrogens with zero attached hydrogens (tertiary/aromatic N) is 2. The molecule has 4 aliphatic heterocycles. The van der Waals surface area contributed by atoms with Gasteiger partial charge in [0.25, 0.3) is 5.91 Å². The summed E-state index contributed by atoms with van der Waals surface area (Å²) in [5.41, 5.74) is 3.83. The monoisotopic (exact) mass is 871 g/mol. The molecule has 2 bridgehead atoms. The summed E-state index contributed by atoms with van der Waals surface area (Å²) in [6.45, 7) is 5.34. The maximum absolute atomic E-state index is 13.4. The van der Waals surface area contributed by atoms with E-state index in [0.717, 1.165) is 55.6 Å². The highest BCUT2D eigenvalue weighted by atomic mass is 16.6. The van der Waals surface area contributed by atoms with Crippen molar-refractivity contribution in [1.82, 2.24) is 25.4 Å². The zero-order chi connectivity index (χ0) is 44.4. The first-order valence-corrected chi connectivity index (χ1v) is 22.4. The van der Waals surface area contributed by atoms with Crippen LogP contribution < -0.4 is 20.9 Å². The predicted molar refractivity (Wildman–Crippen MR) is 241 cm³/mol. The second kappa shape index (κ2) is 21.0. The van der Waals surface area contributed by atoms with Gasteiger partial charge in [-0.1, -0.05) is 60.7 Å². The van der Waals surface area contributed by atoms with E-state index >= 15 is 0 Å². The number of fused-ring (bicyclic) bond motifs is 4. The number of unbranched alkanes of at least 4 members (excludes halogenated alkanes) is 1. The van der Waals surface area contributed by atoms with E-state index in [1.165, 1.54) is 12.1 Å². The van der Waals surface area contributed by atoms with Gasteiger partial charge in [0, 0.05) is 43.2 Å². The first-order valence-electron chi connectivity index (χ1n) is 22.4. The van der Waals surface area contributed by atoms with Crippen LogP contribution in [0.3, 0.4) is 0 Å². The number of carbonyl (C=O) groups excluding carboxylic acids is 3. The van der Waals surface area contributed by atoms with E-state index < -0.39 is 18.2 Å². The number of nitrogens with one attached hydrogen (secondary N) is 3. The number of carbonyl (C=O) groups is 3. The number of hydrogen-bond acceptors (Lipinski definition) is 11. The molecule has 4 saturated heterocycles. The maximum atomic E-state index is 13.4. The Kier molecular flexibility index (Phi) is 14.5. The summed E-state index contributed by atoms with van der Waals surface area (Å²) < 4.78 is 17.8. The highest BCUT2D eigenvalue weighted by Gasteiger charge is 2.37. The molecular formula is C50H57N5O9. The molecule has 2 unspecified atom stereocenters. The van der Waals surface area contributed by atoms with E-state index in [2.05, 4.69) is 20.5 Å². The van der Waals surface area contributed by atoms with Crippen molar-refractivity contribution in [2.75, 3.05) is 52.4 Å². The Morgan fingerprint density at radius 2 is 1.59 bits per heavy atom. The minimum absolute atomic E-state index is 0.0569. The topological polar surface area (TPSA) is 183 Å². The van der Waals surface area contributed by atoms with Gasteiger partial charge in [-0.05, 0) is 123 Å². The number of esters is 1. The van der Waals surface area contributed by atoms with Crippen molar-refractivity contribution in [2.24, 2.45) is 11.8 Å². The van der Waals surface area contributed by atoms with Crippen molar-refractivity contribution in [2.45, 2.75) is 63.4 Å². The number of rotatable bonds is 17. The molecule has 5 heterocycles. The molecule has 4 aliphatic rings. The van der Waals surface area contributed by atoms with Gasteiger partial charge in [-0.15, -0.1) is 0 Å². The number of aromatic hydroxyl groups is 1. The largest absolute Gasteiger partial charge is 0.506 e. The number of aromatic nitrogens is 1. The zero-order valence-electron chi connectivity index (χ0n) is 36.0. The molecule has 4 fully saturated rings. The highest BCUT2D eigenvalue weighted by molar-refractivity contribution is 5.94. The number of H-pyrrole nitrogens is 1. The molecule has 3 atom stereocenters. The van der Waals surface area contributed by atoms with E-state index in [4.69, 9.17) is 14.2 Å². The maximum Gasteiger partial charge on any atom is 0.408 e. The molecule has 2 amide bonds. The van der Waals surface area contributed by atoms with Crippen LogP contribution in [0.2, 0.25) is 0 Å². The third-order valence-corrected chi connectivity index (χ3v) is 12.8. The van der Waals surface area contributed by atoms with E-state index in [-0.39, 0.29) is 41.8 Å². The first kappa shape index (κ1) is 44.4. The van der Waals surface area contributed by atoms with Crippen LogP contribution in [0.25, 0.3) is 10.9 Å². The fraction of sp³-hybridized carbons (Fsp3) is 0.400. The van der Waals surface area contributed by atoms with Crippen LogP contribution in [0, 0.1) is 11.8 Å². The van der Waals surface area contributed by atoms with Crippen LogP contribution in [0.4, 0.5) is 4.79 Å². The zero-order valence-corrected chi connectivity index (χ0v) is 36.0. The summed E-state index contributed by atoms with van der Waals surface area (Å²) in [6, 6.07) is 30.5. The van der Waals surface area contributed by atoms with Gasteiger partial charge in [0.1, 0.15) is 24.2 Å². The van der Waals surface area contributed by atoms with Crippen LogP contribution in [0.5, 0.6) is 11.5 Å². The Morgan fingerprint density at radius 1 is 0.828 bits per heavy atom. The molecule has 1 aromatic heterocycles. The van der Waals surface area contributed by atoms with E-state index in [0.29, 0.717) is 85.8 Å². The lowest BCUT2D eigenvalue weighted by Crippen LogP contribution is -2.52. The van der Waals surface area contributed by atoms with Crippen molar-refractivity contribution in [3.8, 4) is 11.5 Å². The Bertz CT molecular complexity index is 2430. The average molecular weight is 872 g/mol. The molecule has 14 heteroatoms. The number of aliphatic hydroxyl groups is 1. The van der Waals surface area contributed by atoms with Crippen molar-refractivity contribution in [3.05, 3.63) is 141 Å². The van der Waals surface area contributed by atoms with E-state index in [1.54, 1.807) is 17.0 Å². The molecule has 0 radical (unpaired) electrons. The lowest BCUT2D eigenvalue weighted by molar-refractivity contribution is -0.150. The first-order chi connectivity index (χ1) is 31.2. The van der Waals surface area contributed by atoms with Crippen LogP contribution in [0.1, 0.15) is 83.3 Å². The number of likely N-dealkylation sites (tertiary alicyclic amines) is 1. The van der Waals surface area contributed by atoms with Gasteiger partial charge in [-0.2, -0.15) is 0 Å². The fourth-order valence-corrected chi connectivity index (χ4v) is 9.07. The smallest absolute Gasteiger partial charge is 0.408 e. The second-order valence-corrected chi connectivity index (χ2v) is 17.1. The molecule has 5 N–H and O–H groups in total.